The Morgan fingerprint density at radius 3 is 2.31 bits per heavy atom. The molecule has 1 atom stereocenters. The molecule has 3 heteroatoms. The fourth-order valence-electron chi connectivity index (χ4n) is 1.80. The molecule has 0 bridgehead atoms. The molecule has 0 heterocycles. The molecule has 92 valence electrons. The highest BCUT2D eigenvalue weighted by molar-refractivity contribution is 5.79. The third-order valence-corrected chi connectivity index (χ3v) is 3.29. The second-order valence-electron chi connectivity index (χ2n) is 5.17. The minimum absolute atomic E-state index is 0.199. The number of hydrogen-bond acceptors (Lipinski definition) is 2. The van der Waals surface area contributed by atoms with Crippen LogP contribution in [0.25, 0.3) is 0 Å². The maximum atomic E-state index is 11.2. The van der Waals surface area contributed by atoms with Gasteiger partial charge in [0, 0.05) is 12.7 Å². The Morgan fingerprint density at radius 2 is 1.94 bits per heavy atom. The van der Waals surface area contributed by atoms with E-state index in [1.54, 1.807) is 0 Å². The quantitative estimate of drug-likeness (QED) is 0.752. The Kier molecular flexibility index (Phi) is 4.39. The van der Waals surface area contributed by atoms with Crippen LogP contribution >= 0.6 is 0 Å². The monoisotopic (exact) mass is 224 g/mol. The van der Waals surface area contributed by atoms with Crippen molar-refractivity contribution in [1.82, 2.24) is 4.90 Å². The molecule has 16 heavy (non-hydrogen) atoms. The summed E-state index contributed by atoms with van der Waals surface area (Å²) in [5.41, 5.74) is 8.21. The third kappa shape index (κ3) is 3.54. The summed E-state index contributed by atoms with van der Waals surface area (Å²) in [4.78, 5) is 13.2. The number of nitrogens with zero attached hydrogens (tertiary/aromatic N) is 1. The topological polar surface area (TPSA) is 46.3 Å². The van der Waals surface area contributed by atoms with Crippen LogP contribution in [0.4, 0.5) is 0 Å². The summed E-state index contributed by atoms with van der Waals surface area (Å²) in [6.07, 6.45) is 4.64. The smallest absolute Gasteiger partial charge is 0.239 e. The van der Waals surface area contributed by atoms with Gasteiger partial charge in [-0.25, -0.2) is 0 Å². The summed E-state index contributed by atoms with van der Waals surface area (Å²) in [5, 5.41) is 0. The Hall–Kier alpha value is -0.990. The van der Waals surface area contributed by atoms with E-state index in [1.165, 1.54) is 30.5 Å². The summed E-state index contributed by atoms with van der Waals surface area (Å²) >= 11 is 0. The van der Waals surface area contributed by atoms with Crippen LogP contribution < -0.4 is 5.73 Å². The first-order valence-electron chi connectivity index (χ1n) is 6.16. The van der Waals surface area contributed by atoms with Crippen molar-refractivity contribution < 1.29 is 4.79 Å². The molecule has 0 spiro atoms. The van der Waals surface area contributed by atoms with Gasteiger partial charge < -0.3 is 10.6 Å². The van der Waals surface area contributed by atoms with Gasteiger partial charge in [-0.3, -0.25) is 4.79 Å². The second-order valence-corrected chi connectivity index (χ2v) is 5.17. The minimum Gasteiger partial charge on any atom is -0.368 e. The van der Waals surface area contributed by atoms with Gasteiger partial charge in [0.1, 0.15) is 6.04 Å². The highest BCUT2D eigenvalue weighted by atomic mass is 16.1. The van der Waals surface area contributed by atoms with Crippen LogP contribution in [-0.2, 0) is 4.79 Å². The lowest BCUT2D eigenvalue weighted by molar-refractivity contribution is -0.121. The van der Waals surface area contributed by atoms with Gasteiger partial charge in [-0.15, -0.1) is 0 Å². The van der Waals surface area contributed by atoms with Gasteiger partial charge in [0.05, 0.1) is 0 Å². The molecule has 1 fully saturated rings. The van der Waals surface area contributed by atoms with Crippen LogP contribution in [0.5, 0.6) is 0 Å². The van der Waals surface area contributed by atoms with Crippen LogP contribution in [-0.4, -0.2) is 23.9 Å². The lowest BCUT2D eigenvalue weighted by Gasteiger charge is -2.28. The van der Waals surface area contributed by atoms with E-state index in [1.807, 2.05) is 14.0 Å². The SMILES string of the molecule is CC(C)CCC(=C1CC1)N(C)C(C)C(N)=O. The Labute approximate surface area is 98.7 Å². The van der Waals surface area contributed by atoms with Gasteiger partial charge in [-0.05, 0) is 38.5 Å². The van der Waals surface area contributed by atoms with Gasteiger partial charge >= 0.3 is 0 Å². The van der Waals surface area contributed by atoms with E-state index in [0.29, 0.717) is 5.92 Å². The molecule has 0 aromatic rings. The van der Waals surface area contributed by atoms with E-state index in [-0.39, 0.29) is 11.9 Å². The average molecular weight is 224 g/mol. The summed E-state index contributed by atoms with van der Waals surface area (Å²) in [6.45, 7) is 6.33. The van der Waals surface area contributed by atoms with Crippen LogP contribution in [0, 0.1) is 5.92 Å². The lowest BCUT2D eigenvalue weighted by atomic mass is 10.0. The fraction of sp³-hybridized carbons (Fsp3) is 0.769. The van der Waals surface area contributed by atoms with Gasteiger partial charge in [-0.1, -0.05) is 19.4 Å². The number of hydrogen-bond donors (Lipinski definition) is 1. The number of carbonyl (C=O) groups is 1. The van der Waals surface area contributed by atoms with Crippen LogP contribution in [0.1, 0.15) is 46.5 Å². The van der Waals surface area contributed by atoms with Crippen molar-refractivity contribution in [1.29, 1.82) is 0 Å². The van der Waals surface area contributed by atoms with Crippen molar-refractivity contribution >= 4 is 5.91 Å². The van der Waals surface area contributed by atoms with Crippen molar-refractivity contribution in [3.63, 3.8) is 0 Å². The lowest BCUT2D eigenvalue weighted by Crippen LogP contribution is -2.39. The zero-order chi connectivity index (χ0) is 12.3. The zero-order valence-electron chi connectivity index (χ0n) is 10.9. The number of nitrogens with two attached hydrogens (primary N) is 1. The molecule has 0 saturated heterocycles. The van der Waals surface area contributed by atoms with Crippen LogP contribution in [0.3, 0.4) is 0 Å². The normalized spacial score (nSPS) is 16.2. The number of amides is 1. The zero-order valence-corrected chi connectivity index (χ0v) is 10.9. The molecular formula is C13H24N2O. The molecule has 0 aromatic heterocycles. The molecule has 0 aliphatic heterocycles. The number of allylic oxidation sites excluding steroid dienone is 2. The minimum atomic E-state index is -0.245. The van der Waals surface area contributed by atoms with Crippen LogP contribution in [0.2, 0.25) is 0 Å². The Bertz CT molecular complexity index is 288. The number of carbonyl (C=O) groups excluding carboxylic acids is 1. The summed E-state index contributed by atoms with van der Waals surface area (Å²) in [5.74, 6) is 0.456. The summed E-state index contributed by atoms with van der Waals surface area (Å²) < 4.78 is 0. The van der Waals surface area contributed by atoms with Gasteiger partial charge in [0.2, 0.25) is 5.91 Å². The molecule has 2 N–H and O–H groups in total. The number of likely N-dealkylation sites (N-methyl/N-ethyl adjacent to an activating group) is 1. The van der Waals surface area contributed by atoms with Crippen LogP contribution in [0.15, 0.2) is 11.3 Å². The molecule has 3 nitrogen and oxygen atoms in total. The predicted octanol–water partition coefficient (Wildman–Crippen LogP) is 2.28. The molecule has 1 amide bonds. The van der Waals surface area contributed by atoms with E-state index in [9.17, 15) is 4.79 Å². The highest BCUT2D eigenvalue weighted by Crippen LogP contribution is 2.35. The van der Waals surface area contributed by atoms with E-state index in [2.05, 4.69) is 18.7 Å². The van der Waals surface area contributed by atoms with Gasteiger partial charge in [0.15, 0.2) is 0 Å². The summed E-state index contributed by atoms with van der Waals surface area (Å²) in [7, 11) is 1.98. The van der Waals surface area contributed by atoms with Crippen molar-refractivity contribution in [2.75, 3.05) is 7.05 Å². The largest absolute Gasteiger partial charge is 0.368 e. The van der Waals surface area contributed by atoms with E-state index < -0.39 is 0 Å². The third-order valence-electron chi connectivity index (χ3n) is 3.29. The maximum absolute atomic E-state index is 11.2. The Morgan fingerprint density at radius 1 is 1.38 bits per heavy atom. The van der Waals surface area contributed by atoms with Gasteiger partial charge in [0.25, 0.3) is 0 Å². The number of rotatable bonds is 6. The second kappa shape index (κ2) is 5.37. The first-order valence-corrected chi connectivity index (χ1v) is 6.16. The molecule has 1 unspecified atom stereocenters. The van der Waals surface area contributed by atoms with Crippen molar-refractivity contribution in [3.05, 3.63) is 11.3 Å². The van der Waals surface area contributed by atoms with E-state index in [0.717, 1.165) is 6.42 Å². The molecule has 1 aliphatic rings. The highest BCUT2D eigenvalue weighted by Gasteiger charge is 2.24. The molecule has 1 aliphatic carbocycles. The first-order chi connectivity index (χ1) is 7.43. The molecular weight excluding hydrogens is 200 g/mol. The summed E-state index contributed by atoms with van der Waals surface area (Å²) in [6, 6.07) is -0.199. The standard InChI is InChI=1S/C13H24N2O/c1-9(2)5-8-12(11-6-7-11)15(4)10(3)13(14)16/h9-10H,5-8H2,1-4H3,(H2,14,16). The molecule has 1 saturated carbocycles. The number of primary amides is 1. The first kappa shape index (κ1) is 13.1. The fourth-order valence-corrected chi connectivity index (χ4v) is 1.80. The average Bonchev–Trinajstić information content (AvgIpc) is 3.00. The van der Waals surface area contributed by atoms with Crippen molar-refractivity contribution in [2.45, 2.75) is 52.5 Å². The predicted molar refractivity (Wildman–Crippen MR) is 66.8 cm³/mol. The maximum Gasteiger partial charge on any atom is 0.239 e. The van der Waals surface area contributed by atoms with E-state index >= 15 is 0 Å². The molecule has 0 aromatic carbocycles. The van der Waals surface area contributed by atoms with Crippen molar-refractivity contribution in [2.24, 2.45) is 11.7 Å². The van der Waals surface area contributed by atoms with E-state index in [4.69, 9.17) is 5.73 Å². The van der Waals surface area contributed by atoms with Gasteiger partial charge in [-0.2, -0.15) is 0 Å². The Balaban J connectivity index is 2.65. The molecule has 0 radical (unpaired) electrons. The molecule has 1 rings (SSSR count). The van der Waals surface area contributed by atoms with Crippen molar-refractivity contribution in [3.8, 4) is 0 Å².